The highest BCUT2D eigenvalue weighted by atomic mass is 16.1. The van der Waals surface area contributed by atoms with Crippen LogP contribution in [0.15, 0.2) is 17.1 Å². The van der Waals surface area contributed by atoms with E-state index < -0.39 is 0 Å². The van der Waals surface area contributed by atoms with Crippen LogP contribution in [0.1, 0.15) is 12.6 Å². The van der Waals surface area contributed by atoms with E-state index in [1.165, 1.54) is 0 Å². The van der Waals surface area contributed by atoms with Crippen molar-refractivity contribution >= 4 is 0 Å². The molecule has 0 aliphatic rings. The largest absolute Gasteiger partial charge is 0.495 e. The Morgan fingerprint density at radius 2 is 2.40 bits per heavy atom. The fourth-order valence-electron chi connectivity index (χ4n) is 0.955. The minimum absolute atomic E-state index is 0.0394. The highest BCUT2D eigenvalue weighted by Gasteiger charge is 2.02. The minimum Gasteiger partial charge on any atom is -0.211 e. The lowest BCUT2D eigenvalue weighted by Gasteiger charge is -1.94. The molecule has 0 amide bonds. The third-order valence-electron chi connectivity index (χ3n) is 1.52. The summed E-state index contributed by atoms with van der Waals surface area (Å²) in [6.07, 6.45) is 1.66. The molecular weight excluding hydrogens is 128 g/mol. The second-order valence-corrected chi connectivity index (χ2v) is 2.17. The fraction of sp³-hybridized carbons (Fsp3) is 0.429. The van der Waals surface area contributed by atoms with E-state index in [4.69, 9.17) is 0 Å². The summed E-state index contributed by atoms with van der Waals surface area (Å²) >= 11 is 0. The van der Waals surface area contributed by atoms with E-state index in [1.54, 1.807) is 10.8 Å². The summed E-state index contributed by atoms with van der Waals surface area (Å²) in [7, 11) is 0. The summed E-state index contributed by atoms with van der Waals surface area (Å²) in [5.41, 5.74) is 0.953. The molecule has 10 heavy (non-hydrogen) atoms. The van der Waals surface area contributed by atoms with Gasteiger partial charge in [-0.2, -0.15) is 9.36 Å². The standard InChI is InChI=1S/C7H10N2O/c1-3-9-6(2)4-5-8-7(9)10/h4-5H,3H2,1-2H3/p+1. The Hall–Kier alpha value is -1.12. The molecule has 0 aliphatic heterocycles. The first-order valence-corrected chi connectivity index (χ1v) is 3.34. The molecule has 1 aromatic heterocycles. The van der Waals surface area contributed by atoms with Gasteiger partial charge in [0.05, 0.1) is 12.7 Å². The van der Waals surface area contributed by atoms with Crippen LogP contribution in [0, 0.1) is 6.92 Å². The molecule has 54 valence electrons. The molecule has 0 fully saturated rings. The number of hydrogen-bond donors (Lipinski definition) is 1. The normalized spacial score (nSPS) is 9.80. The van der Waals surface area contributed by atoms with Crippen molar-refractivity contribution < 1.29 is 4.57 Å². The summed E-state index contributed by atoms with van der Waals surface area (Å²) in [6, 6.07) is 1.88. The number of aromatic nitrogens is 2. The number of rotatable bonds is 1. The van der Waals surface area contributed by atoms with Crippen LogP contribution in [0.3, 0.4) is 0 Å². The van der Waals surface area contributed by atoms with Crippen LogP contribution < -0.4 is 10.3 Å². The maximum absolute atomic E-state index is 11.0. The van der Waals surface area contributed by atoms with Crippen LogP contribution >= 0.6 is 0 Å². The summed E-state index contributed by atoms with van der Waals surface area (Å²) in [5, 5.41) is 0. The van der Waals surface area contributed by atoms with Crippen molar-refractivity contribution in [1.82, 2.24) is 4.98 Å². The van der Waals surface area contributed by atoms with Crippen LogP contribution in [0.4, 0.5) is 0 Å². The Morgan fingerprint density at radius 1 is 1.70 bits per heavy atom. The molecule has 0 spiro atoms. The number of aromatic amines is 1. The van der Waals surface area contributed by atoms with Crippen molar-refractivity contribution in [3.8, 4) is 0 Å². The van der Waals surface area contributed by atoms with Crippen molar-refractivity contribution in [2.45, 2.75) is 20.4 Å². The van der Waals surface area contributed by atoms with Gasteiger partial charge in [0.15, 0.2) is 0 Å². The Balaban J connectivity index is 3.31. The molecule has 0 radical (unpaired) electrons. The molecule has 0 saturated heterocycles. The van der Waals surface area contributed by atoms with E-state index in [2.05, 4.69) is 4.98 Å². The molecule has 1 rings (SSSR count). The highest BCUT2D eigenvalue weighted by Crippen LogP contribution is 1.79. The molecule has 3 heteroatoms. The van der Waals surface area contributed by atoms with Crippen molar-refractivity contribution in [1.29, 1.82) is 0 Å². The monoisotopic (exact) mass is 139 g/mol. The molecule has 0 saturated carbocycles. The Bertz CT molecular complexity index is 277. The first-order valence-electron chi connectivity index (χ1n) is 3.34. The van der Waals surface area contributed by atoms with Crippen molar-refractivity contribution in [2.24, 2.45) is 0 Å². The van der Waals surface area contributed by atoms with E-state index in [-0.39, 0.29) is 5.69 Å². The third kappa shape index (κ3) is 1.07. The van der Waals surface area contributed by atoms with E-state index in [0.717, 1.165) is 12.2 Å². The van der Waals surface area contributed by atoms with Crippen molar-refractivity contribution in [3.05, 3.63) is 28.4 Å². The molecule has 3 nitrogen and oxygen atoms in total. The van der Waals surface area contributed by atoms with Gasteiger partial charge in [0.1, 0.15) is 5.69 Å². The number of H-pyrrole nitrogens is 1. The van der Waals surface area contributed by atoms with Crippen LogP contribution in [0.5, 0.6) is 0 Å². The van der Waals surface area contributed by atoms with Crippen LogP contribution in [-0.2, 0) is 6.54 Å². The van der Waals surface area contributed by atoms with E-state index in [1.807, 2.05) is 19.9 Å². The van der Waals surface area contributed by atoms with Gasteiger partial charge in [-0.05, 0) is 13.8 Å². The van der Waals surface area contributed by atoms with Crippen molar-refractivity contribution in [3.63, 3.8) is 0 Å². The van der Waals surface area contributed by atoms with Gasteiger partial charge in [0.25, 0.3) is 0 Å². The van der Waals surface area contributed by atoms with E-state index in [9.17, 15) is 4.79 Å². The number of nitrogens with one attached hydrogen (secondary N) is 1. The van der Waals surface area contributed by atoms with E-state index in [0.29, 0.717) is 0 Å². The molecule has 0 aliphatic carbocycles. The number of hydrogen-bond acceptors (Lipinski definition) is 1. The predicted octanol–water partition coefficient (Wildman–Crippen LogP) is -0.00928. The second kappa shape index (κ2) is 2.64. The second-order valence-electron chi connectivity index (χ2n) is 2.17. The van der Waals surface area contributed by atoms with Crippen molar-refractivity contribution in [2.75, 3.05) is 0 Å². The van der Waals surface area contributed by atoms with Gasteiger partial charge < -0.3 is 0 Å². The van der Waals surface area contributed by atoms with E-state index >= 15 is 0 Å². The number of nitrogens with zero attached hydrogens (tertiary/aromatic N) is 1. The zero-order valence-corrected chi connectivity index (χ0v) is 6.22. The van der Waals surface area contributed by atoms with Crippen LogP contribution in [0.2, 0.25) is 0 Å². The van der Waals surface area contributed by atoms with Gasteiger partial charge in [-0.1, -0.05) is 0 Å². The van der Waals surface area contributed by atoms with Gasteiger partial charge in [0.2, 0.25) is 0 Å². The zero-order chi connectivity index (χ0) is 7.56. The lowest BCUT2D eigenvalue weighted by molar-refractivity contribution is -0.716. The third-order valence-corrected chi connectivity index (χ3v) is 1.52. The van der Waals surface area contributed by atoms with Gasteiger partial charge in [-0.15, -0.1) is 0 Å². The Morgan fingerprint density at radius 3 is 2.80 bits per heavy atom. The zero-order valence-electron chi connectivity index (χ0n) is 6.22. The molecule has 1 aromatic rings. The Labute approximate surface area is 59.3 Å². The molecule has 1 N–H and O–H groups in total. The first kappa shape index (κ1) is 6.99. The average Bonchev–Trinajstić information content (AvgIpc) is 1.88. The lowest BCUT2D eigenvalue weighted by Crippen LogP contribution is -2.52. The minimum atomic E-state index is -0.0394. The van der Waals surface area contributed by atoms with Crippen LogP contribution in [-0.4, -0.2) is 4.98 Å². The maximum atomic E-state index is 11.0. The summed E-state index contributed by atoms with van der Waals surface area (Å²) in [4.78, 5) is 13.6. The molecule has 0 atom stereocenters. The summed E-state index contributed by atoms with van der Waals surface area (Å²) in [5.74, 6) is 0. The van der Waals surface area contributed by atoms with Crippen LogP contribution in [0.25, 0.3) is 0 Å². The number of aryl methyl sites for hydroxylation is 1. The SMILES string of the molecule is CC[n+]1c(C)cc[nH]c1=O. The molecular formula is C7H11N2O+. The Kier molecular flexibility index (Phi) is 1.85. The quantitative estimate of drug-likeness (QED) is 0.546. The van der Waals surface area contributed by atoms with Gasteiger partial charge in [0, 0.05) is 6.07 Å². The first-order chi connectivity index (χ1) is 4.75. The summed E-state index contributed by atoms with van der Waals surface area (Å²) in [6.45, 7) is 4.59. The highest BCUT2D eigenvalue weighted by molar-refractivity contribution is 4.86. The molecule has 0 bridgehead atoms. The average molecular weight is 139 g/mol. The lowest BCUT2D eigenvalue weighted by atomic mass is 10.4. The fourth-order valence-corrected chi connectivity index (χ4v) is 0.955. The molecule has 0 unspecified atom stereocenters. The van der Waals surface area contributed by atoms with Gasteiger partial charge >= 0.3 is 5.69 Å². The summed E-state index contributed by atoms with van der Waals surface area (Å²) < 4.78 is 1.68. The maximum Gasteiger partial charge on any atom is 0.495 e. The molecule has 0 aromatic carbocycles. The smallest absolute Gasteiger partial charge is 0.211 e. The van der Waals surface area contributed by atoms with Gasteiger partial charge in [-0.3, -0.25) is 0 Å². The van der Waals surface area contributed by atoms with Gasteiger partial charge in [-0.25, -0.2) is 4.98 Å². The predicted molar refractivity (Wildman–Crippen MR) is 37.7 cm³/mol. The topological polar surface area (TPSA) is 36.7 Å². The molecule has 1 heterocycles.